The molecular weight excluding hydrogens is 326 g/mol. The normalized spacial score (nSPS) is 14.7. The molecule has 0 radical (unpaired) electrons. The highest BCUT2D eigenvalue weighted by molar-refractivity contribution is 7.99. The summed E-state index contributed by atoms with van der Waals surface area (Å²) in [7, 11) is 1.63. The van der Waals surface area contributed by atoms with Crippen molar-refractivity contribution in [2.24, 2.45) is 0 Å². The second-order valence-corrected chi connectivity index (χ2v) is 6.41. The topological polar surface area (TPSA) is 72.3 Å². The molecule has 2 heterocycles. The largest absolute Gasteiger partial charge is 0.378 e. The fraction of sp³-hybridized carbons (Fsp3) is 0.438. The van der Waals surface area contributed by atoms with Gasteiger partial charge in [0.25, 0.3) is 0 Å². The summed E-state index contributed by atoms with van der Waals surface area (Å²) in [6, 6.07) is 8.12. The van der Waals surface area contributed by atoms with Crippen LogP contribution in [-0.2, 0) is 9.53 Å². The van der Waals surface area contributed by atoms with Crippen molar-refractivity contribution in [3.8, 4) is 5.69 Å². The average Bonchev–Trinajstić information content (AvgIpc) is 3.04. The molecule has 0 unspecified atom stereocenters. The van der Waals surface area contributed by atoms with Crippen LogP contribution in [0.1, 0.15) is 5.56 Å². The number of morpholine rings is 1. The summed E-state index contributed by atoms with van der Waals surface area (Å²) in [6.45, 7) is 4.99. The van der Waals surface area contributed by atoms with Crippen LogP contribution in [0, 0.1) is 6.92 Å². The van der Waals surface area contributed by atoms with Crippen LogP contribution in [0.5, 0.6) is 0 Å². The second-order valence-electron chi connectivity index (χ2n) is 5.47. The third-order valence-corrected chi connectivity index (χ3v) is 4.81. The van der Waals surface area contributed by atoms with Crippen molar-refractivity contribution in [3.63, 3.8) is 0 Å². The van der Waals surface area contributed by atoms with Gasteiger partial charge < -0.3 is 15.0 Å². The molecule has 3 rings (SSSR count). The van der Waals surface area contributed by atoms with Gasteiger partial charge in [-0.25, -0.2) is 0 Å². The summed E-state index contributed by atoms with van der Waals surface area (Å²) in [4.78, 5) is 13.8. The van der Waals surface area contributed by atoms with E-state index >= 15 is 0 Å². The van der Waals surface area contributed by atoms with E-state index < -0.39 is 0 Å². The molecule has 0 saturated carbocycles. The fourth-order valence-corrected chi connectivity index (χ4v) is 3.36. The predicted molar refractivity (Wildman–Crippen MR) is 93.9 cm³/mol. The Hall–Kier alpha value is -2.06. The molecule has 128 valence electrons. The van der Waals surface area contributed by atoms with Gasteiger partial charge in [-0.3, -0.25) is 9.36 Å². The monoisotopic (exact) mass is 347 g/mol. The molecule has 7 nitrogen and oxygen atoms in total. The van der Waals surface area contributed by atoms with Crippen LogP contribution in [0.3, 0.4) is 0 Å². The van der Waals surface area contributed by atoms with E-state index in [-0.39, 0.29) is 5.91 Å². The van der Waals surface area contributed by atoms with Crippen LogP contribution in [-0.4, -0.2) is 59.8 Å². The Kier molecular flexibility index (Phi) is 5.37. The molecule has 0 atom stereocenters. The maximum Gasteiger partial charge on any atom is 0.232 e. The number of thioether (sulfide) groups is 1. The zero-order valence-corrected chi connectivity index (χ0v) is 14.7. The zero-order valence-electron chi connectivity index (χ0n) is 13.9. The molecule has 1 amide bonds. The van der Waals surface area contributed by atoms with Gasteiger partial charge in [0.1, 0.15) is 0 Å². The van der Waals surface area contributed by atoms with Crippen LogP contribution in [0.4, 0.5) is 5.95 Å². The Morgan fingerprint density at radius 3 is 2.75 bits per heavy atom. The van der Waals surface area contributed by atoms with E-state index in [9.17, 15) is 4.79 Å². The average molecular weight is 347 g/mol. The van der Waals surface area contributed by atoms with Gasteiger partial charge in [-0.2, -0.15) is 0 Å². The van der Waals surface area contributed by atoms with Gasteiger partial charge in [0, 0.05) is 20.1 Å². The zero-order chi connectivity index (χ0) is 16.9. The van der Waals surface area contributed by atoms with Crippen LogP contribution >= 0.6 is 11.8 Å². The number of rotatable bonds is 5. The standard InChI is InChI=1S/C16H21N5O2S/c1-12-5-3-4-6-13(12)21-15(20-7-9-23-10-8-20)18-19-16(21)24-11-14(22)17-2/h3-6H,7-11H2,1-2H3,(H,17,22). The molecule has 1 fully saturated rings. The van der Waals surface area contributed by atoms with Crippen LogP contribution in [0.15, 0.2) is 29.4 Å². The van der Waals surface area contributed by atoms with Crippen molar-refractivity contribution in [1.82, 2.24) is 20.1 Å². The lowest BCUT2D eigenvalue weighted by atomic mass is 10.2. The van der Waals surface area contributed by atoms with Gasteiger partial charge >= 0.3 is 0 Å². The molecule has 1 aliphatic heterocycles. The van der Waals surface area contributed by atoms with Crippen molar-refractivity contribution in [3.05, 3.63) is 29.8 Å². The first-order valence-electron chi connectivity index (χ1n) is 7.88. The minimum atomic E-state index is -0.0349. The third kappa shape index (κ3) is 3.54. The molecule has 1 aromatic carbocycles. The third-order valence-electron chi connectivity index (χ3n) is 3.88. The molecule has 1 aromatic heterocycles. The highest BCUT2D eigenvalue weighted by Crippen LogP contribution is 2.28. The van der Waals surface area contributed by atoms with Gasteiger partial charge in [0.2, 0.25) is 11.9 Å². The SMILES string of the molecule is CNC(=O)CSc1nnc(N2CCOCC2)n1-c1ccccc1C. The summed E-state index contributed by atoms with van der Waals surface area (Å²) in [5.41, 5.74) is 2.16. The van der Waals surface area contributed by atoms with E-state index in [0.717, 1.165) is 35.4 Å². The van der Waals surface area contributed by atoms with Gasteiger partial charge in [-0.1, -0.05) is 30.0 Å². The van der Waals surface area contributed by atoms with E-state index in [4.69, 9.17) is 4.74 Å². The maximum absolute atomic E-state index is 11.6. The lowest BCUT2D eigenvalue weighted by Gasteiger charge is -2.28. The van der Waals surface area contributed by atoms with Crippen LogP contribution < -0.4 is 10.2 Å². The quantitative estimate of drug-likeness (QED) is 0.821. The molecule has 0 aliphatic carbocycles. The molecule has 24 heavy (non-hydrogen) atoms. The number of anilines is 1. The van der Waals surface area contributed by atoms with Gasteiger partial charge in [-0.15, -0.1) is 10.2 Å². The van der Waals surface area contributed by atoms with Crippen molar-refractivity contribution >= 4 is 23.6 Å². The molecule has 1 saturated heterocycles. The summed E-state index contributed by atoms with van der Waals surface area (Å²) in [5, 5.41) is 12.1. The van der Waals surface area contributed by atoms with E-state index in [2.05, 4.69) is 33.4 Å². The highest BCUT2D eigenvalue weighted by Gasteiger charge is 2.22. The van der Waals surface area contributed by atoms with Gasteiger partial charge in [0.15, 0.2) is 5.16 Å². The van der Waals surface area contributed by atoms with Crippen molar-refractivity contribution < 1.29 is 9.53 Å². The Balaban J connectivity index is 1.98. The first-order valence-corrected chi connectivity index (χ1v) is 8.86. The number of nitrogens with zero attached hydrogens (tertiary/aromatic N) is 4. The molecule has 0 spiro atoms. The first kappa shape index (κ1) is 16.8. The molecule has 0 bridgehead atoms. The van der Waals surface area contributed by atoms with Gasteiger partial charge in [-0.05, 0) is 18.6 Å². The van der Waals surface area contributed by atoms with Crippen molar-refractivity contribution in [2.45, 2.75) is 12.1 Å². The van der Waals surface area contributed by atoms with Gasteiger partial charge in [0.05, 0.1) is 24.7 Å². The van der Waals surface area contributed by atoms with E-state index in [1.54, 1.807) is 7.05 Å². The summed E-state index contributed by atoms with van der Waals surface area (Å²) < 4.78 is 7.47. The summed E-state index contributed by atoms with van der Waals surface area (Å²) in [5.74, 6) is 1.07. The second kappa shape index (κ2) is 7.67. The molecule has 1 N–H and O–H groups in total. The number of aromatic nitrogens is 3. The molecule has 2 aromatic rings. The highest BCUT2D eigenvalue weighted by atomic mass is 32.2. The smallest absolute Gasteiger partial charge is 0.232 e. The van der Waals surface area contributed by atoms with Crippen molar-refractivity contribution in [1.29, 1.82) is 0 Å². The molecule has 1 aliphatic rings. The first-order chi connectivity index (χ1) is 11.7. The lowest BCUT2D eigenvalue weighted by Crippen LogP contribution is -2.38. The lowest BCUT2D eigenvalue weighted by molar-refractivity contribution is -0.118. The Morgan fingerprint density at radius 2 is 2.04 bits per heavy atom. The number of aryl methyl sites for hydroxylation is 1. The van der Waals surface area contributed by atoms with E-state index in [1.165, 1.54) is 11.8 Å². The Bertz CT molecular complexity index is 712. The minimum absolute atomic E-state index is 0.0349. The number of carbonyl (C=O) groups excluding carboxylic acids is 1. The Morgan fingerprint density at radius 1 is 1.29 bits per heavy atom. The number of amides is 1. The molecule has 8 heteroatoms. The predicted octanol–water partition coefficient (Wildman–Crippen LogP) is 1.25. The van der Waals surface area contributed by atoms with Crippen LogP contribution in [0.2, 0.25) is 0 Å². The number of hydrogen-bond acceptors (Lipinski definition) is 6. The number of nitrogens with one attached hydrogen (secondary N) is 1. The van der Waals surface area contributed by atoms with Crippen molar-refractivity contribution in [2.75, 3.05) is 44.0 Å². The van der Waals surface area contributed by atoms with Crippen LogP contribution in [0.25, 0.3) is 5.69 Å². The molecular formula is C16H21N5O2S. The number of ether oxygens (including phenoxy) is 1. The Labute approximate surface area is 145 Å². The number of benzene rings is 1. The summed E-state index contributed by atoms with van der Waals surface area (Å²) >= 11 is 1.39. The summed E-state index contributed by atoms with van der Waals surface area (Å²) in [6.07, 6.45) is 0. The number of hydrogen-bond donors (Lipinski definition) is 1. The number of carbonyl (C=O) groups is 1. The fourth-order valence-electron chi connectivity index (χ4n) is 2.55. The minimum Gasteiger partial charge on any atom is -0.378 e. The van der Waals surface area contributed by atoms with E-state index in [1.807, 2.05) is 22.8 Å². The maximum atomic E-state index is 11.6. The van der Waals surface area contributed by atoms with E-state index in [0.29, 0.717) is 19.0 Å². The number of para-hydroxylation sites is 1.